The van der Waals surface area contributed by atoms with Crippen LogP contribution in [0.4, 0.5) is 13.2 Å². The molecule has 1 aliphatic rings. The highest BCUT2D eigenvalue weighted by Crippen LogP contribution is 2.31. The summed E-state index contributed by atoms with van der Waals surface area (Å²) in [5.41, 5.74) is -2.37. The van der Waals surface area contributed by atoms with E-state index in [2.05, 4.69) is 9.97 Å². The second kappa shape index (κ2) is 5.32. The van der Waals surface area contributed by atoms with Gasteiger partial charge in [-0.05, 0) is 26.7 Å². The second-order valence-electron chi connectivity index (χ2n) is 5.83. The van der Waals surface area contributed by atoms with Crippen LogP contribution in [0.3, 0.4) is 0 Å². The maximum atomic E-state index is 12.6. The molecule has 21 heavy (non-hydrogen) atoms. The first-order valence-electron chi connectivity index (χ1n) is 6.73. The van der Waals surface area contributed by atoms with Crippen LogP contribution in [0.2, 0.25) is 0 Å². The molecule has 5 nitrogen and oxygen atoms in total. The average Bonchev–Trinajstić information content (AvgIpc) is 2.86. The lowest BCUT2D eigenvalue weighted by atomic mass is 9.95. The van der Waals surface area contributed by atoms with Gasteiger partial charge in [-0.2, -0.15) is 13.2 Å². The Balaban J connectivity index is 2.11. The van der Waals surface area contributed by atoms with Gasteiger partial charge in [0.1, 0.15) is 17.1 Å². The van der Waals surface area contributed by atoms with Crippen molar-refractivity contribution in [1.82, 2.24) is 14.9 Å². The van der Waals surface area contributed by atoms with Gasteiger partial charge in [-0.3, -0.25) is 4.79 Å². The summed E-state index contributed by atoms with van der Waals surface area (Å²) in [4.78, 5) is 19.6. The highest BCUT2D eigenvalue weighted by atomic mass is 19.4. The third-order valence-corrected chi connectivity index (χ3v) is 3.52. The van der Waals surface area contributed by atoms with E-state index in [1.54, 1.807) is 0 Å². The molecule has 1 fully saturated rings. The number of rotatable bonds is 2. The molecule has 0 aromatic carbocycles. The molecular formula is C13H18F3N3O2. The van der Waals surface area contributed by atoms with Crippen molar-refractivity contribution in [2.75, 3.05) is 13.1 Å². The van der Waals surface area contributed by atoms with Crippen LogP contribution in [0.25, 0.3) is 0 Å². The summed E-state index contributed by atoms with van der Waals surface area (Å²) in [5, 5.41) is 9.74. The lowest BCUT2D eigenvalue weighted by Gasteiger charge is -2.35. The van der Waals surface area contributed by atoms with Crippen molar-refractivity contribution < 1.29 is 23.1 Å². The van der Waals surface area contributed by atoms with Gasteiger partial charge in [0.25, 0.3) is 5.91 Å². The molecule has 2 heterocycles. The number of nitrogens with zero attached hydrogens (tertiary/aromatic N) is 2. The Labute approximate surface area is 120 Å². The van der Waals surface area contributed by atoms with Crippen molar-refractivity contribution in [3.05, 3.63) is 17.7 Å². The summed E-state index contributed by atoms with van der Waals surface area (Å²) in [5.74, 6) is -0.466. The number of carbonyl (C=O) groups excluding carboxylic acids is 1. The van der Waals surface area contributed by atoms with Crippen molar-refractivity contribution in [3.63, 3.8) is 0 Å². The molecule has 0 spiro atoms. The van der Waals surface area contributed by atoms with Crippen LogP contribution >= 0.6 is 0 Å². The number of piperidine rings is 1. The fourth-order valence-electron chi connectivity index (χ4n) is 2.46. The summed E-state index contributed by atoms with van der Waals surface area (Å²) in [6.07, 6.45) is -2.37. The molecular weight excluding hydrogens is 287 g/mol. The molecule has 2 rings (SSSR count). The molecule has 1 saturated heterocycles. The number of hydrogen-bond acceptors (Lipinski definition) is 3. The lowest BCUT2D eigenvalue weighted by molar-refractivity contribution is -0.149. The van der Waals surface area contributed by atoms with Gasteiger partial charge >= 0.3 is 6.18 Å². The van der Waals surface area contributed by atoms with E-state index in [0.717, 1.165) is 6.20 Å². The summed E-state index contributed by atoms with van der Waals surface area (Å²) in [6.45, 7) is 3.54. The number of alkyl halides is 3. The predicted octanol–water partition coefficient (Wildman–Crippen LogP) is 1.91. The van der Waals surface area contributed by atoms with Gasteiger partial charge in [-0.1, -0.05) is 0 Å². The Morgan fingerprint density at radius 3 is 2.67 bits per heavy atom. The average molecular weight is 305 g/mol. The van der Waals surface area contributed by atoms with E-state index < -0.39 is 23.4 Å². The Bertz CT molecular complexity index is 519. The highest BCUT2D eigenvalue weighted by molar-refractivity contribution is 5.84. The Hall–Kier alpha value is -1.57. The van der Waals surface area contributed by atoms with Crippen molar-refractivity contribution in [2.24, 2.45) is 0 Å². The van der Waals surface area contributed by atoms with Crippen molar-refractivity contribution in [2.45, 2.75) is 44.4 Å². The van der Waals surface area contributed by atoms with Gasteiger partial charge in [-0.25, -0.2) is 4.98 Å². The maximum Gasteiger partial charge on any atom is 0.432 e. The smallest absolute Gasteiger partial charge is 0.381 e. The number of nitrogens with one attached hydrogen (secondary N) is 1. The molecule has 8 heteroatoms. The van der Waals surface area contributed by atoms with E-state index in [1.807, 2.05) is 0 Å². The number of imidazole rings is 1. The minimum absolute atomic E-state index is 0.232. The monoisotopic (exact) mass is 305 g/mol. The Kier molecular flexibility index (Phi) is 4.01. The largest absolute Gasteiger partial charge is 0.432 e. The molecule has 1 aromatic heterocycles. The zero-order valence-corrected chi connectivity index (χ0v) is 11.9. The third kappa shape index (κ3) is 3.55. The molecule has 1 atom stereocenters. The van der Waals surface area contributed by atoms with Gasteiger partial charge in [0.05, 0.1) is 6.20 Å². The molecule has 0 radical (unpaired) electrons. The fraction of sp³-hybridized carbons (Fsp3) is 0.692. The summed E-state index contributed by atoms with van der Waals surface area (Å²) in [7, 11) is 0. The summed E-state index contributed by atoms with van der Waals surface area (Å²) < 4.78 is 37.7. The van der Waals surface area contributed by atoms with Gasteiger partial charge < -0.3 is 15.0 Å². The first-order valence-corrected chi connectivity index (χ1v) is 6.73. The van der Waals surface area contributed by atoms with Gasteiger partial charge in [0.2, 0.25) is 0 Å². The van der Waals surface area contributed by atoms with Crippen LogP contribution in [0.1, 0.15) is 44.1 Å². The molecule has 0 saturated carbocycles. The molecule has 1 amide bonds. The first kappa shape index (κ1) is 15.8. The molecule has 1 unspecified atom stereocenters. The Morgan fingerprint density at radius 1 is 1.48 bits per heavy atom. The lowest BCUT2D eigenvalue weighted by Crippen LogP contribution is -2.48. The van der Waals surface area contributed by atoms with Gasteiger partial charge in [-0.15, -0.1) is 0 Å². The zero-order valence-electron chi connectivity index (χ0n) is 11.9. The quantitative estimate of drug-likeness (QED) is 0.877. The molecule has 118 valence electrons. The number of likely N-dealkylation sites (tertiary alicyclic amines) is 1. The first-order chi connectivity index (χ1) is 9.59. The van der Waals surface area contributed by atoms with Crippen molar-refractivity contribution >= 4 is 5.91 Å². The molecule has 2 N–H and O–H groups in total. The maximum absolute atomic E-state index is 12.6. The number of hydrogen-bond donors (Lipinski definition) is 2. The number of halogens is 3. The van der Waals surface area contributed by atoms with Gasteiger partial charge in [0.15, 0.2) is 0 Å². The standard InChI is InChI=1S/C13H18F3N3O2/c1-12(2,21)11(20)19-5-3-4-8(7-19)10-17-6-9(18-10)13(14,15)16/h6,8,21H,3-5,7H2,1-2H3,(H,17,18). The van der Waals surface area contributed by atoms with E-state index in [4.69, 9.17) is 0 Å². The van der Waals surface area contributed by atoms with Crippen LogP contribution in [-0.2, 0) is 11.0 Å². The number of aromatic amines is 1. The summed E-state index contributed by atoms with van der Waals surface area (Å²) >= 11 is 0. The third-order valence-electron chi connectivity index (χ3n) is 3.52. The molecule has 1 aliphatic heterocycles. The number of aliphatic hydroxyl groups is 1. The number of aromatic nitrogens is 2. The van der Waals surface area contributed by atoms with Gasteiger partial charge in [0, 0.05) is 19.0 Å². The minimum atomic E-state index is -4.46. The van der Waals surface area contributed by atoms with Crippen LogP contribution in [-0.4, -0.2) is 44.6 Å². The van der Waals surface area contributed by atoms with Crippen LogP contribution < -0.4 is 0 Å². The van der Waals surface area contributed by atoms with E-state index in [1.165, 1.54) is 18.7 Å². The van der Waals surface area contributed by atoms with Crippen molar-refractivity contribution in [3.8, 4) is 0 Å². The normalized spacial score (nSPS) is 20.7. The SMILES string of the molecule is CC(C)(O)C(=O)N1CCCC(c2ncc(C(F)(F)F)[nH]2)C1. The van der Waals surface area contributed by atoms with Crippen LogP contribution in [0.5, 0.6) is 0 Å². The molecule has 1 aromatic rings. The number of amides is 1. The van der Waals surface area contributed by atoms with Crippen LogP contribution in [0, 0.1) is 0 Å². The number of carbonyl (C=O) groups is 1. The highest BCUT2D eigenvalue weighted by Gasteiger charge is 2.36. The predicted molar refractivity (Wildman–Crippen MR) is 68.4 cm³/mol. The second-order valence-corrected chi connectivity index (χ2v) is 5.83. The zero-order chi connectivity index (χ0) is 15.8. The van der Waals surface area contributed by atoms with E-state index in [-0.39, 0.29) is 18.3 Å². The van der Waals surface area contributed by atoms with Crippen molar-refractivity contribution in [1.29, 1.82) is 0 Å². The minimum Gasteiger partial charge on any atom is -0.381 e. The Morgan fingerprint density at radius 2 is 2.14 bits per heavy atom. The van der Waals surface area contributed by atoms with E-state index in [0.29, 0.717) is 19.4 Å². The topological polar surface area (TPSA) is 69.2 Å². The fourth-order valence-corrected chi connectivity index (χ4v) is 2.46. The van der Waals surface area contributed by atoms with E-state index in [9.17, 15) is 23.1 Å². The summed E-state index contributed by atoms with van der Waals surface area (Å²) in [6, 6.07) is 0. The number of H-pyrrole nitrogens is 1. The molecule has 0 bridgehead atoms. The van der Waals surface area contributed by atoms with Crippen LogP contribution in [0.15, 0.2) is 6.20 Å². The molecule has 0 aliphatic carbocycles. The van der Waals surface area contributed by atoms with E-state index >= 15 is 0 Å².